The molecule has 0 heterocycles. The fourth-order valence-electron chi connectivity index (χ4n) is 1.42. The molecule has 4 heteroatoms. The van der Waals surface area contributed by atoms with Crippen LogP contribution >= 0.6 is 0 Å². The molecule has 90 valence electrons. The zero-order valence-corrected chi connectivity index (χ0v) is 10.4. The van der Waals surface area contributed by atoms with Gasteiger partial charge in [-0.25, -0.2) is 0 Å². The van der Waals surface area contributed by atoms with E-state index >= 15 is 0 Å². The molecular formula is C13H17N3O. The average molecular weight is 231 g/mol. The smallest absolute Gasteiger partial charge is 0.159 e. The van der Waals surface area contributed by atoms with Crippen LogP contribution < -0.4 is 5.32 Å². The molecule has 0 saturated carbocycles. The van der Waals surface area contributed by atoms with Crippen molar-refractivity contribution < 1.29 is 4.79 Å². The lowest BCUT2D eigenvalue weighted by molar-refractivity contribution is 0.101. The van der Waals surface area contributed by atoms with Crippen molar-refractivity contribution in [3.8, 4) is 6.07 Å². The van der Waals surface area contributed by atoms with Crippen LogP contribution in [0.5, 0.6) is 0 Å². The van der Waals surface area contributed by atoms with Gasteiger partial charge in [0.1, 0.15) is 6.07 Å². The number of rotatable bonds is 5. The summed E-state index contributed by atoms with van der Waals surface area (Å²) < 4.78 is 0. The van der Waals surface area contributed by atoms with Gasteiger partial charge in [-0.1, -0.05) is 0 Å². The SMILES string of the molecule is CC(=O)c1ccc(C#N)c(NCCN(C)C)c1. The third-order valence-electron chi connectivity index (χ3n) is 2.42. The summed E-state index contributed by atoms with van der Waals surface area (Å²) >= 11 is 0. The van der Waals surface area contributed by atoms with Gasteiger partial charge in [0.25, 0.3) is 0 Å². The molecule has 1 rings (SSSR count). The second-order valence-corrected chi connectivity index (χ2v) is 4.16. The van der Waals surface area contributed by atoms with E-state index in [1.807, 2.05) is 19.0 Å². The van der Waals surface area contributed by atoms with Gasteiger partial charge in [-0.3, -0.25) is 4.79 Å². The van der Waals surface area contributed by atoms with E-state index in [0.29, 0.717) is 11.1 Å². The molecule has 4 nitrogen and oxygen atoms in total. The molecule has 0 aliphatic heterocycles. The molecule has 0 amide bonds. The maximum atomic E-state index is 11.3. The van der Waals surface area contributed by atoms with Crippen molar-refractivity contribution in [1.82, 2.24) is 4.90 Å². The average Bonchev–Trinajstić information content (AvgIpc) is 2.28. The Labute approximate surface area is 102 Å². The summed E-state index contributed by atoms with van der Waals surface area (Å²) in [6.45, 7) is 3.13. The van der Waals surface area contributed by atoms with Crippen molar-refractivity contribution in [3.63, 3.8) is 0 Å². The summed E-state index contributed by atoms with van der Waals surface area (Å²) in [5, 5.41) is 12.1. The number of carbonyl (C=O) groups excluding carboxylic acids is 1. The van der Waals surface area contributed by atoms with E-state index in [1.54, 1.807) is 18.2 Å². The molecular weight excluding hydrogens is 214 g/mol. The van der Waals surface area contributed by atoms with Gasteiger partial charge in [0, 0.05) is 18.7 Å². The van der Waals surface area contributed by atoms with Crippen LogP contribution in [0.3, 0.4) is 0 Å². The Kier molecular flexibility index (Phi) is 4.68. The van der Waals surface area contributed by atoms with E-state index in [1.165, 1.54) is 6.92 Å². The van der Waals surface area contributed by atoms with Gasteiger partial charge in [-0.05, 0) is 39.2 Å². The molecule has 0 bridgehead atoms. The van der Waals surface area contributed by atoms with Crippen molar-refractivity contribution in [2.75, 3.05) is 32.5 Å². The zero-order chi connectivity index (χ0) is 12.8. The number of ketones is 1. The highest BCUT2D eigenvalue weighted by molar-refractivity contribution is 5.95. The van der Waals surface area contributed by atoms with Crippen LogP contribution in [0, 0.1) is 11.3 Å². The predicted molar refractivity (Wildman–Crippen MR) is 68.2 cm³/mol. The van der Waals surface area contributed by atoms with Gasteiger partial charge in [0.15, 0.2) is 5.78 Å². The lowest BCUT2D eigenvalue weighted by Crippen LogP contribution is -2.21. The van der Waals surface area contributed by atoms with Crippen LogP contribution in [0.4, 0.5) is 5.69 Å². The van der Waals surface area contributed by atoms with Crippen molar-refractivity contribution in [1.29, 1.82) is 5.26 Å². The topological polar surface area (TPSA) is 56.1 Å². The number of hydrogen-bond donors (Lipinski definition) is 1. The minimum atomic E-state index is 0.00477. The summed E-state index contributed by atoms with van der Waals surface area (Å²) in [5.41, 5.74) is 1.91. The van der Waals surface area contributed by atoms with Gasteiger partial charge >= 0.3 is 0 Å². The lowest BCUT2D eigenvalue weighted by atomic mass is 10.1. The second-order valence-electron chi connectivity index (χ2n) is 4.16. The summed E-state index contributed by atoms with van der Waals surface area (Å²) in [5.74, 6) is 0.00477. The first kappa shape index (κ1) is 13.2. The van der Waals surface area contributed by atoms with Crippen molar-refractivity contribution in [2.45, 2.75) is 6.92 Å². The molecule has 1 aromatic carbocycles. The highest BCUT2D eigenvalue weighted by atomic mass is 16.1. The largest absolute Gasteiger partial charge is 0.383 e. The van der Waals surface area contributed by atoms with E-state index in [4.69, 9.17) is 5.26 Å². The van der Waals surface area contributed by atoms with Crippen LogP contribution in [-0.4, -0.2) is 37.9 Å². The molecule has 1 aromatic rings. The number of nitrogens with one attached hydrogen (secondary N) is 1. The molecule has 0 saturated heterocycles. The number of Topliss-reactive ketones (excluding diaryl/α,β-unsaturated/α-hetero) is 1. The van der Waals surface area contributed by atoms with Gasteiger partial charge in [-0.2, -0.15) is 5.26 Å². The van der Waals surface area contributed by atoms with Crippen LogP contribution in [0.15, 0.2) is 18.2 Å². The van der Waals surface area contributed by atoms with Crippen LogP contribution in [0.25, 0.3) is 0 Å². The van der Waals surface area contributed by atoms with Crippen LogP contribution in [-0.2, 0) is 0 Å². The predicted octanol–water partition coefficient (Wildman–Crippen LogP) is 1.73. The number of hydrogen-bond acceptors (Lipinski definition) is 4. The van der Waals surface area contributed by atoms with E-state index in [-0.39, 0.29) is 5.78 Å². The van der Waals surface area contributed by atoms with Gasteiger partial charge in [0.2, 0.25) is 0 Å². The summed E-state index contributed by atoms with van der Waals surface area (Å²) in [6.07, 6.45) is 0. The number of benzene rings is 1. The zero-order valence-electron chi connectivity index (χ0n) is 10.4. The third-order valence-corrected chi connectivity index (χ3v) is 2.42. The van der Waals surface area contributed by atoms with Gasteiger partial charge in [-0.15, -0.1) is 0 Å². The highest BCUT2D eigenvalue weighted by Crippen LogP contribution is 2.17. The Bertz CT molecular complexity index is 446. The molecule has 0 aliphatic rings. The first-order valence-electron chi connectivity index (χ1n) is 5.48. The molecule has 0 atom stereocenters. The Hall–Kier alpha value is -1.86. The Morgan fingerprint density at radius 3 is 2.71 bits per heavy atom. The molecule has 0 spiro atoms. The summed E-state index contributed by atoms with van der Waals surface area (Å²) in [7, 11) is 3.97. The molecule has 0 radical (unpaired) electrons. The molecule has 0 fully saturated rings. The number of nitriles is 1. The first-order chi connectivity index (χ1) is 8.04. The number of anilines is 1. The summed E-state index contributed by atoms with van der Waals surface area (Å²) in [6, 6.07) is 7.20. The standard InChI is InChI=1S/C13H17N3O/c1-10(17)11-4-5-12(9-14)13(8-11)15-6-7-16(2)3/h4-5,8,15H,6-7H2,1-3H3. The monoisotopic (exact) mass is 231 g/mol. The van der Waals surface area contributed by atoms with E-state index in [9.17, 15) is 4.79 Å². The third kappa shape index (κ3) is 3.89. The number of nitrogens with zero attached hydrogens (tertiary/aromatic N) is 2. The molecule has 1 N–H and O–H groups in total. The van der Waals surface area contributed by atoms with E-state index in [0.717, 1.165) is 18.8 Å². The lowest BCUT2D eigenvalue weighted by Gasteiger charge is -2.12. The first-order valence-corrected chi connectivity index (χ1v) is 5.48. The molecule has 0 aliphatic carbocycles. The van der Waals surface area contributed by atoms with Crippen molar-refractivity contribution in [2.24, 2.45) is 0 Å². The fraction of sp³-hybridized carbons (Fsp3) is 0.385. The van der Waals surface area contributed by atoms with Crippen LogP contribution in [0.1, 0.15) is 22.8 Å². The number of carbonyl (C=O) groups is 1. The second kappa shape index (κ2) is 6.02. The Morgan fingerprint density at radius 2 is 2.18 bits per heavy atom. The summed E-state index contributed by atoms with van der Waals surface area (Å²) in [4.78, 5) is 13.3. The van der Waals surface area contributed by atoms with Gasteiger partial charge < -0.3 is 10.2 Å². The molecule has 0 aromatic heterocycles. The van der Waals surface area contributed by atoms with Crippen molar-refractivity contribution in [3.05, 3.63) is 29.3 Å². The number of likely N-dealkylation sites (N-methyl/N-ethyl adjacent to an activating group) is 1. The van der Waals surface area contributed by atoms with Crippen LogP contribution in [0.2, 0.25) is 0 Å². The molecule has 17 heavy (non-hydrogen) atoms. The Morgan fingerprint density at radius 1 is 1.47 bits per heavy atom. The minimum absolute atomic E-state index is 0.00477. The highest BCUT2D eigenvalue weighted by Gasteiger charge is 2.06. The Balaban J connectivity index is 2.84. The minimum Gasteiger partial charge on any atom is -0.383 e. The van der Waals surface area contributed by atoms with Crippen molar-refractivity contribution >= 4 is 11.5 Å². The molecule has 0 unspecified atom stereocenters. The fourth-order valence-corrected chi connectivity index (χ4v) is 1.42. The van der Waals surface area contributed by atoms with E-state index < -0.39 is 0 Å². The van der Waals surface area contributed by atoms with E-state index in [2.05, 4.69) is 11.4 Å². The maximum Gasteiger partial charge on any atom is 0.159 e. The maximum absolute atomic E-state index is 11.3. The van der Waals surface area contributed by atoms with Gasteiger partial charge in [0.05, 0.1) is 11.3 Å². The quantitative estimate of drug-likeness (QED) is 0.784. The normalized spacial score (nSPS) is 10.1.